The van der Waals surface area contributed by atoms with Crippen LogP contribution in [0.2, 0.25) is 0 Å². The van der Waals surface area contributed by atoms with Crippen molar-refractivity contribution in [1.82, 2.24) is 25.5 Å². The SMILES string of the molecule is CCCCC(=O)N(Cc1ccc(-c2ccccc2-c2nn[nH]n2)cc1)C(C(=O)O)C(C)CC. The lowest BCUT2D eigenvalue weighted by atomic mass is 9.95. The first-order valence-corrected chi connectivity index (χ1v) is 11.4. The van der Waals surface area contributed by atoms with Gasteiger partial charge in [-0.05, 0) is 34.2 Å². The van der Waals surface area contributed by atoms with Gasteiger partial charge in [-0.3, -0.25) is 4.79 Å². The molecule has 0 saturated heterocycles. The number of unbranched alkanes of at least 4 members (excludes halogenated alkanes) is 1. The van der Waals surface area contributed by atoms with Crippen molar-refractivity contribution in [3.05, 3.63) is 54.1 Å². The summed E-state index contributed by atoms with van der Waals surface area (Å²) in [7, 11) is 0. The zero-order valence-electron chi connectivity index (χ0n) is 19.4. The van der Waals surface area contributed by atoms with Crippen LogP contribution < -0.4 is 0 Å². The molecule has 8 heteroatoms. The number of rotatable bonds is 11. The lowest BCUT2D eigenvalue weighted by Gasteiger charge is -2.33. The summed E-state index contributed by atoms with van der Waals surface area (Å²) in [4.78, 5) is 26.6. The first kappa shape index (κ1) is 24.1. The van der Waals surface area contributed by atoms with Crippen molar-refractivity contribution in [1.29, 1.82) is 0 Å². The van der Waals surface area contributed by atoms with Crippen LogP contribution in [0.3, 0.4) is 0 Å². The van der Waals surface area contributed by atoms with Crippen LogP contribution in [0.4, 0.5) is 0 Å². The molecule has 3 rings (SSSR count). The van der Waals surface area contributed by atoms with Gasteiger partial charge in [0.15, 0.2) is 0 Å². The third kappa shape index (κ3) is 5.83. The Balaban J connectivity index is 1.88. The van der Waals surface area contributed by atoms with E-state index in [1.165, 1.54) is 4.90 Å². The Hall–Kier alpha value is -3.55. The zero-order chi connectivity index (χ0) is 23.8. The van der Waals surface area contributed by atoms with Gasteiger partial charge >= 0.3 is 5.97 Å². The number of carbonyl (C=O) groups is 2. The lowest BCUT2D eigenvalue weighted by molar-refractivity contribution is -0.153. The molecular weight excluding hydrogens is 418 g/mol. The lowest BCUT2D eigenvalue weighted by Crippen LogP contribution is -2.48. The molecule has 0 spiro atoms. The van der Waals surface area contributed by atoms with E-state index in [9.17, 15) is 14.7 Å². The summed E-state index contributed by atoms with van der Waals surface area (Å²) in [6.45, 7) is 6.12. The van der Waals surface area contributed by atoms with Crippen LogP contribution in [0.5, 0.6) is 0 Å². The van der Waals surface area contributed by atoms with Crippen LogP contribution in [0.25, 0.3) is 22.5 Å². The second-order valence-electron chi connectivity index (χ2n) is 8.27. The van der Waals surface area contributed by atoms with Crippen molar-refractivity contribution >= 4 is 11.9 Å². The fraction of sp³-hybridized carbons (Fsp3) is 0.400. The highest BCUT2D eigenvalue weighted by atomic mass is 16.4. The number of amides is 1. The third-order valence-corrected chi connectivity index (χ3v) is 5.97. The molecule has 3 aromatic rings. The van der Waals surface area contributed by atoms with Crippen LogP contribution in [-0.4, -0.2) is 48.5 Å². The molecule has 0 radical (unpaired) electrons. The van der Waals surface area contributed by atoms with E-state index in [0.717, 1.165) is 35.1 Å². The van der Waals surface area contributed by atoms with E-state index in [4.69, 9.17) is 0 Å². The van der Waals surface area contributed by atoms with Gasteiger partial charge in [0.25, 0.3) is 0 Å². The summed E-state index contributed by atoms with van der Waals surface area (Å²) >= 11 is 0. The number of benzene rings is 2. The number of carboxylic acid groups (broad SMARTS) is 1. The molecular formula is C25H31N5O3. The Kier molecular flexibility index (Phi) is 8.29. The quantitative estimate of drug-likeness (QED) is 0.444. The summed E-state index contributed by atoms with van der Waals surface area (Å²) in [6.07, 6.45) is 2.66. The Labute approximate surface area is 194 Å². The van der Waals surface area contributed by atoms with Crippen molar-refractivity contribution in [3.8, 4) is 22.5 Å². The zero-order valence-corrected chi connectivity index (χ0v) is 19.4. The van der Waals surface area contributed by atoms with Gasteiger partial charge in [0.1, 0.15) is 6.04 Å². The number of aromatic nitrogens is 4. The number of hydrogen-bond acceptors (Lipinski definition) is 5. The number of tetrazole rings is 1. The predicted octanol–water partition coefficient (Wildman–Crippen LogP) is 4.55. The van der Waals surface area contributed by atoms with E-state index >= 15 is 0 Å². The molecule has 0 aliphatic rings. The average Bonchev–Trinajstić information content (AvgIpc) is 3.37. The molecule has 1 amide bonds. The van der Waals surface area contributed by atoms with Crippen LogP contribution in [0.15, 0.2) is 48.5 Å². The minimum atomic E-state index is -0.958. The summed E-state index contributed by atoms with van der Waals surface area (Å²) < 4.78 is 0. The first-order valence-electron chi connectivity index (χ1n) is 11.4. The smallest absolute Gasteiger partial charge is 0.326 e. The molecule has 1 aromatic heterocycles. The molecule has 174 valence electrons. The Morgan fingerprint density at radius 3 is 2.33 bits per heavy atom. The topological polar surface area (TPSA) is 112 Å². The predicted molar refractivity (Wildman–Crippen MR) is 126 cm³/mol. The Morgan fingerprint density at radius 1 is 1.06 bits per heavy atom. The Morgan fingerprint density at radius 2 is 1.76 bits per heavy atom. The molecule has 0 aliphatic carbocycles. The van der Waals surface area contributed by atoms with E-state index in [2.05, 4.69) is 20.6 Å². The number of nitrogens with one attached hydrogen (secondary N) is 1. The molecule has 1 heterocycles. The van der Waals surface area contributed by atoms with E-state index in [0.29, 0.717) is 18.7 Å². The van der Waals surface area contributed by atoms with Crippen LogP contribution in [-0.2, 0) is 16.1 Å². The summed E-state index contributed by atoms with van der Waals surface area (Å²) in [6, 6.07) is 14.8. The molecule has 0 saturated carbocycles. The van der Waals surface area contributed by atoms with Crippen molar-refractivity contribution in [2.45, 2.75) is 59.0 Å². The molecule has 2 atom stereocenters. The van der Waals surface area contributed by atoms with E-state index in [1.54, 1.807) is 0 Å². The Bertz CT molecular complexity index is 1050. The molecule has 8 nitrogen and oxygen atoms in total. The van der Waals surface area contributed by atoms with E-state index < -0.39 is 12.0 Å². The third-order valence-electron chi connectivity index (χ3n) is 5.97. The number of carbonyl (C=O) groups excluding carboxylic acids is 1. The molecule has 2 aromatic carbocycles. The number of H-pyrrole nitrogens is 1. The fourth-order valence-electron chi connectivity index (χ4n) is 3.91. The van der Waals surface area contributed by atoms with Crippen LogP contribution >= 0.6 is 0 Å². The summed E-state index contributed by atoms with van der Waals surface area (Å²) in [5, 5.41) is 24.2. The van der Waals surface area contributed by atoms with Gasteiger partial charge in [0.2, 0.25) is 11.7 Å². The number of carboxylic acids is 1. The maximum atomic E-state index is 13.0. The molecule has 0 fully saturated rings. The highest BCUT2D eigenvalue weighted by molar-refractivity contribution is 5.84. The van der Waals surface area contributed by atoms with Gasteiger partial charge in [-0.25, -0.2) is 4.79 Å². The fourth-order valence-corrected chi connectivity index (χ4v) is 3.91. The van der Waals surface area contributed by atoms with E-state index in [-0.39, 0.29) is 18.4 Å². The average molecular weight is 450 g/mol. The van der Waals surface area contributed by atoms with Crippen molar-refractivity contribution in [2.24, 2.45) is 5.92 Å². The maximum Gasteiger partial charge on any atom is 0.326 e. The highest BCUT2D eigenvalue weighted by Crippen LogP contribution is 2.30. The minimum Gasteiger partial charge on any atom is -0.480 e. The molecule has 0 aliphatic heterocycles. The number of hydrogen-bond donors (Lipinski definition) is 2. The van der Waals surface area contributed by atoms with Crippen molar-refractivity contribution in [2.75, 3.05) is 0 Å². The van der Waals surface area contributed by atoms with Crippen molar-refractivity contribution in [3.63, 3.8) is 0 Å². The maximum absolute atomic E-state index is 13.0. The number of nitrogens with zero attached hydrogens (tertiary/aromatic N) is 4. The van der Waals surface area contributed by atoms with Gasteiger partial charge < -0.3 is 10.0 Å². The molecule has 0 bridgehead atoms. The molecule has 33 heavy (non-hydrogen) atoms. The summed E-state index contributed by atoms with van der Waals surface area (Å²) in [5.74, 6) is -0.703. The van der Waals surface area contributed by atoms with Crippen molar-refractivity contribution < 1.29 is 14.7 Å². The minimum absolute atomic E-state index is 0.115. The highest BCUT2D eigenvalue weighted by Gasteiger charge is 2.33. The van der Waals surface area contributed by atoms with Gasteiger partial charge in [-0.15, -0.1) is 10.2 Å². The number of aromatic amines is 1. The second-order valence-corrected chi connectivity index (χ2v) is 8.27. The van der Waals surface area contributed by atoms with Gasteiger partial charge in [-0.2, -0.15) is 5.21 Å². The second kappa shape index (κ2) is 11.4. The van der Waals surface area contributed by atoms with Gasteiger partial charge in [0.05, 0.1) is 0 Å². The first-order chi connectivity index (χ1) is 16.0. The van der Waals surface area contributed by atoms with Crippen LogP contribution in [0, 0.1) is 5.92 Å². The van der Waals surface area contributed by atoms with Gasteiger partial charge in [-0.1, -0.05) is 82.1 Å². The largest absolute Gasteiger partial charge is 0.480 e. The normalized spacial score (nSPS) is 12.8. The molecule has 2 N–H and O–H groups in total. The summed E-state index contributed by atoms with van der Waals surface area (Å²) in [5.41, 5.74) is 3.68. The van der Waals surface area contributed by atoms with E-state index in [1.807, 2.05) is 69.3 Å². The standard InChI is InChI=1S/C25H31N5O3/c1-4-6-11-22(31)30(23(25(32)33)17(3)5-2)16-18-12-14-19(15-13-18)20-9-7-8-10-21(20)24-26-28-29-27-24/h7-10,12-15,17,23H,4-6,11,16H2,1-3H3,(H,32,33)(H,26,27,28,29). The molecule has 2 unspecified atom stereocenters. The van der Waals surface area contributed by atoms with Gasteiger partial charge in [0, 0.05) is 18.5 Å². The van der Waals surface area contributed by atoms with Crippen LogP contribution in [0.1, 0.15) is 52.0 Å². The number of aliphatic carboxylic acids is 1. The monoisotopic (exact) mass is 449 g/mol.